The summed E-state index contributed by atoms with van der Waals surface area (Å²) in [6, 6.07) is 6.00. The van der Waals surface area contributed by atoms with Crippen molar-refractivity contribution in [3.63, 3.8) is 0 Å². The summed E-state index contributed by atoms with van der Waals surface area (Å²) >= 11 is 0. The van der Waals surface area contributed by atoms with E-state index >= 15 is 0 Å². The highest BCUT2D eigenvalue weighted by molar-refractivity contribution is 5.93. The minimum atomic E-state index is -0.210. The van der Waals surface area contributed by atoms with Gasteiger partial charge in [-0.2, -0.15) is 10.1 Å². The van der Waals surface area contributed by atoms with Gasteiger partial charge in [-0.05, 0) is 31.0 Å². The van der Waals surface area contributed by atoms with Gasteiger partial charge in [0.25, 0.3) is 0 Å². The molecule has 140 valence electrons. The number of carbonyl (C=O) groups excluding carboxylic acids is 1. The maximum Gasteiger partial charge on any atom is 0.246 e. The van der Waals surface area contributed by atoms with Crippen molar-refractivity contribution in [3.8, 4) is 0 Å². The average Bonchev–Trinajstić information content (AvgIpc) is 3.49. The van der Waals surface area contributed by atoms with Gasteiger partial charge in [-0.3, -0.25) is 14.8 Å². The Labute approximate surface area is 160 Å². The van der Waals surface area contributed by atoms with Crippen LogP contribution in [0, 0.1) is 0 Å². The highest BCUT2D eigenvalue weighted by atomic mass is 16.2. The average molecular weight is 374 g/mol. The van der Waals surface area contributed by atoms with E-state index in [2.05, 4.69) is 35.3 Å². The predicted octanol–water partition coefficient (Wildman–Crippen LogP) is 2.01. The van der Waals surface area contributed by atoms with Crippen molar-refractivity contribution in [2.75, 3.05) is 17.3 Å². The molecule has 0 unspecified atom stereocenters. The van der Waals surface area contributed by atoms with Crippen molar-refractivity contribution in [1.29, 1.82) is 0 Å². The van der Waals surface area contributed by atoms with Crippen molar-refractivity contribution in [2.24, 2.45) is 0 Å². The van der Waals surface area contributed by atoms with Crippen LogP contribution in [-0.4, -0.2) is 48.7 Å². The highest BCUT2D eigenvalue weighted by Gasteiger charge is 2.28. The number of hydrogen-bond donors (Lipinski definition) is 1. The summed E-state index contributed by atoms with van der Waals surface area (Å²) in [4.78, 5) is 32.2. The lowest BCUT2D eigenvalue weighted by molar-refractivity contribution is -0.116. The Morgan fingerprint density at radius 1 is 1.21 bits per heavy atom. The molecule has 4 aromatic heterocycles. The lowest BCUT2D eigenvalue weighted by Crippen LogP contribution is -2.23. The molecule has 0 aromatic carbocycles. The van der Waals surface area contributed by atoms with E-state index in [-0.39, 0.29) is 12.5 Å². The molecular weight excluding hydrogens is 356 g/mol. The second-order valence-corrected chi connectivity index (χ2v) is 6.91. The summed E-state index contributed by atoms with van der Waals surface area (Å²) in [5.74, 6) is 0.444. The summed E-state index contributed by atoms with van der Waals surface area (Å²) in [6.45, 7) is 0.0490. The lowest BCUT2D eigenvalue weighted by Gasteiger charge is -2.15. The van der Waals surface area contributed by atoms with E-state index < -0.39 is 0 Å². The quantitative estimate of drug-likeness (QED) is 0.570. The van der Waals surface area contributed by atoms with Crippen molar-refractivity contribution < 1.29 is 4.79 Å². The minimum absolute atomic E-state index is 0.0490. The van der Waals surface area contributed by atoms with E-state index in [1.165, 1.54) is 0 Å². The van der Waals surface area contributed by atoms with Crippen LogP contribution in [0.15, 0.2) is 43.0 Å². The van der Waals surface area contributed by atoms with Gasteiger partial charge in [0.2, 0.25) is 11.9 Å². The summed E-state index contributed by atoms with van der Waals surface area (Å²) in [7, 11) is 1.99. The number of amides is 1. The molecule has 0 spiro atoms. The SMILES string of the molecule is CN(c1ncc2cnn(CC(=O)Nc3cnc4cccnc4c3)c2n1)C1CC1. The van der Waals surface area contributed by atoms with Crippen molar-refractivity contribution in [3.05, 3.63) is 43.0 Å². The van der Waals surface area contributed by atoms with Crippen LogP contribution in [0.4, 0.5) is 11.6 Å². The Kier molecular flexibility index (Phi) is 3.85. The third kappa shape index (κ3) is 3.11. The molecule has 4 heterocycles. The third-order valence-electron chi connectivity index (χ3n) is 4.80. The number of pyridine rings is 2. The molecule has 4 aromatic rings. The van der Waals surface area contributed by atoms with Gasteiger partial charge in [0.15, 0.2) is 5.65 Å². The first kappa shape index (κ1) is 16.5. The Hall–Kier alpha value is -3.62. The molecule has 0 aliphatic heterocycles. The van der Waals surface area contributed by atoms with Crippen LogP contribution in [0.1, 0.15) is 12.8 Å². The van der Waals surface area contributed by atoms with Crippen molar-refractivity contribution in [1.82, 2.24) is 29.7 Å². The van der Waals surface area contributed by atoms with Crippen LogP contribution < -0.4 is 10.2 Å². The Bertz CT molecular complexity index is 1180. The number of rotatable bonds is 5. The Balaban J connectivity index is 1.36. The van der Waals surface area contributed by atoms with Crippen molar-refractivity contribution in [2.45, 2.75) is 25.4 Å². The maximum atomic E-state index is 12.5. The highest BCUT2D eigenvalue weighted by Crippen LogP contribution is 2.28. The van der Waals surface area contributed by atoms with Crippen LogP contribution in [0.5, 0.6) is 0 Å². The van der Waals surface area contributed by atoms with E-state index in [0.717, 1.165) is 29.3 Å². The molecule has 0 saturated heterocycles. The molecule has 1 aliphatic carbocycles. The van der Waals surface area contributed by atoms with Crippen LogP contribution in [-0.2, 0) is 11.3 Å². The zero-order chi connectivity index (χ0) is 19.1. The van der Waals surface area contributed by atoms with Gasteiger partial charge in [0.05, 0.1) is 34.5 Å². The predicted molar refractivity (Wildman–Crippen MR) is 105 cm³/mol. The van der Waals surface area contributed by atoms with Crippen LogP contribution in [0.2, 0.25) is 0 Å². The number of nitrogens with zero attached hydrogens (tertiary/aromatic N) is 7. The number of nitrogens with one attached hydrogen (secondary N) is 1. The summed E-state index contributed by atoms with van der Waals surface area (Å²) in [5, 5.41) is 7.94. The van der Waals surface area contributed by atoms with E-state index in [1.54, 1.807) is 35.5 Å². The first-order valence-corrected chi connectivity index (χ1v) is 9.09. The summed E-state index contributed by atoms with van der Waals surface area (Å²) in [6.07, 6.45) is 9.06. The first-order chi connectivity index (χ1) is 13.7. The van der Waals surface area contributed by atoms with Gasteiger partial charge in [-0.1, -0.05) is 0 Å². The Morgan fingerprint density at radius 2 is 2.11 bits per heavy atom. The topological polar surface area (TPSA) is 102 Å². The number of anilines is 2. The molecular formula is C19H18N8O. The van der Waals surface area contributed by atoms with Gasteiger partial charge in [-0.25, -0.2) is 9.67 Å². The normalized spacial score (nSPS) is 13.8. The van der Waals surface area contributed by atoms with Gasteiger partial charge in [0, 0.05) is 25.5 Å². The molecule has 0 atom stereocenters. The fourth-order valence-corrected chi connectivity index (χ4v) is 3.13. The summed E-state index contributed by atoms with van der Waals surface area (Å²) < 4.78 is 1.59. The van der Waals surface area contributed by atoms with E-state index in [0.29, 0.717) is 23.3 Å². The monoisotopic (exact) mass is 374 g/mol. The maximum absolute atomic E-state index is 12.5. The van der Waals surface area contributed by atoms with Gasteiger partial charge >= 0.3 is 0 Å². The molecule has 9 nitrogen and oxygen atoms in total. The number of aromatic nitrogens is 6. The molecule has 0 bridgehead atoms. The van der Waals surface area contributed by atoms with Crippen LogP contribution >= 0.6 is 0 Å². The molecule has 1 N–H and O–H groups in total. The van der Waals surface area contributed by atoms with Crippen LogP contribution in [0.25, 0.3) is 22.1 Å². The Morgan fingerprint density at radius 3 is 2.96 bits per heavy atom. The second kappa shape index (κ2) is 6.52. The molecule has 28 heavy (non-hydrogen) atoms. The smallest absolute Gasteiger partial charge is 0.246 e. The van der Waals surface area contributed by atoms with Gasteiger partial charge in [0.1, 0.15) is 6.54 Å². The molecule has 9 heteroatoms. The minimum Gasteiger partial charge on any atom is -0.341 e. The molecule has 0 radical (unpaired) electrons. The van der Waals surface area contributed by atoms with E-state index in [9.17, 15) is 4.79 Å². The molecule has 1 aliphatic rings. The number of hydrogen-bond acceptors (Lipinski definition) is 7. The zero-order valence-corrected chi connectivity index (χ0v) is 15.3. The standard InChI is InChI=1S/C19H18N8O/c1-26(14-4-5-14)19-22-8-12-9-23-27(18(12)25-19)11-17(28)24-13-7-16-15(21-10-13)3-2-6-20-16/h2-3,6-10,14H,4-5,11H2,1H3,(H,24,28). The fourth-order valence-electron chi connectivity index (χ4n) is 3.13. The number of fused-ring (bicyclic) bond motifs is 2. The largest absolute Gasteiger partial charge is 0.341 e. The second-order valence-electron chi connectivity index (χ2n) is 6.91. The summed E-state index contributed by atoms with van der Waals surface area (Å²) in [5.41, 5.74) is 2.75. The van der Waals surface area contributed by atoms with E-state index in [4.69, 9.17) is 0 Å². The molecule has 1 amide bonds. The fraction of sp³-hybridized carbons (Fsp3) is 0.263. The van der Waals surface area contributed by atoms with E-state index in [1.807, 2.05) is 19.2 Å². The third-order valence-corrected chi connectivity index (χ3v) is 4.80. The van der Waals surface area contributed by atoms with Gasteiger partial charge in [-0.15, -0.1) is 0 Å². The lowest BCUT2D eigenvalue weighted by atomic mass is 10.3. The van der Waals surface area contributed by atoms with Crippen LogP contribution in [0.3, 0.4) is 0 Å². The molecule has 1 saturated carbocycles. The first-order valence-electron chi connectivity index (χ1n) is 9.09. The zero-order valence-electron chi connectivity index (χ0n) is 15.3. The van der Waals surface area contributed by atoms with Gasteiger partial charge < -0.3 is 10.2 Å². The molecule has 1 fully saturated rings. The number of carbonyl (C=O) groups is 1. The van der Waals surface area contributed by atoms with Crippen molar-refractivity contribution >= 4 is 39.6 Å². The molecule has 5 rings (SSSR count).